The van der Waals surface area contributed by atoms with Crippen LogP contribution in [0.25, 0.3) is 0 Å². The van der Waals surface area contributed by atoms with Gasteiger partial charge in [-0.3, -0.25) is 4.79 Å². The van der Waals surface area contributed by atoms with Crippen molar-refractivity contribution in [2.75, 3.05) is 32.7 Å². The van der Waals surface area contributed by atoms with Crippen LogP contribution in [0.15, 0.2) is 42.3 Å². The lowest BCUT2D eigenvalue weighted by molar-refractivity contribution is -0.131. The number of hydrogen-bond acceptors (Lipinski definition) is 6. The van der Waals surface area contributed by atoms with Gasteiger partial charge in [-0.25, -0.2) is 22.7 Å². The topological polar surface area (TPSA) is 125 Å². The van der Waals surface area contributed by atoms with Gasteiger partial charge in [-0.2, -0.15) is 0 Å². The molecule has 1 heterocycles. The Morgan fingerprint density at radius 1 is 1.07 bits per heavy atom. The molecule has 1 fully saturated rings. The highest BCUT2D eigenvalue weighted by Gasteiger charge is 2.25. The van der Waals surface area contributed by atoms with Crippen molar-refractivity contribution < 1.29 is 27.5 Å². The molecule has 28 heavy (non-hydrogen) atoms. The summed E-state index contributed by atoms with van der Waals surface area (Å²) in [6.07, 6.45) is -0.455. The maximum Gasteiger partial charge on any atom is 0.410 e. The molecule has 0 unspecified atom stereocenters. The summed E-state index contributed by atoms with van der Waals surface area (Å²) >= 11 is 0. The molecule has 1 aromatic carbocycles. The standard InChI is InChI=1S/C17H22N4O6S/c1-2-28(25,26)19-16(23)18-12-15(22)20-8-10-21(11-9-20)17(24)27-13-14-6-4-3-5-7-14/h2-7H,1,8-13H2,(H2,18,19,23). The Hall–Kier alpha value is -3.08. The van der Waals surface area contributed by atoms with Crippen molar-refractivity contribution in [2.45, 2.75) is 6.61 Å². The fourth-order valence-corrected chi connectivity index (χ4v) is 2.84. The first-order valence-corrected chi connectivity index (χ1v) is 10.0. The molecule has 0 saturated carbocycles. The zero-order valence-corrected chi connectivity index (χ0v) is 16.0. The summed E-state index contributed by atoms with van der Waals surface area (Å²) in [7, 11) is -3.92. The maximum atomic E-state index is 12.1. The first-order chi connectivity index (χ1) is 13.3. The number of hydrogen-bond donors (Lipinski definition) is 2. The van der Waals surface area contributed by atoms with E-state index >= 15 is 0 Å². The van der Waals surface area contributed by atoms with E-state index in [4.69, 9.17) is 4.74 Å². The van der Waals surface area contributed by atoms with Crippen LogP contribution < -0.4 is 10.0 Å². The van der Waals surface area contributed by atoms with Crippen LogP contribution >= 0.6 is 0 Å². The Morgan fingerprint density at radius 3 is 2.29 bits per heavy atom. The predicted octanol–water partition coefficient (Wildman–Crippen LogP) is 0.240. The fourth-order valence-electron chi connectivity index (χ4n) is 2.42. The van der Waals surface area contributed by atoms with Gasteiger partial charge in [0.05, 0.1) is 6.54 Å². The molecule has 1 aliphatic rings. The lowest BCUT2D eigenvalue weighted by Gasteiger charge is -2.34. The molecule has 0 aromatic heterocycles. The second kappa shape index (κ2) is 9.74. The molecule has 2 N–H and O–H groups in total. The molecule has 1 aliphatic heterocycles. The molecule has 0 spiro atoms. The number of sulfonamides is 1. The van der Waals surface area contributed by atoms with Gasteiger partial charge < -0.3 is 19.9 Å². The minimum absolute atomic E-state index is 0.172. The van der Waals surface area contributed by atoms with E-state index in [2.05, 4.69) is 11.9 Å². The quantitative estimate of drug-likeness (QED) is 0.692. The van der Waals surface area contributed by atoms with Crippen LogP contribution in [-0.4, -0.2) is 69.0 Å². The van der Waals surface area contributed by atoms with Gasteiger partial charge in [-0.05, 0) is 5.56 Å². The van der Waals surface area contributed by atoms with Crippen molar-refractivity contribution in [3.8, 4) is 0 Å². The number of carbonyl (C=O) groups is 3. The molecule has 4 amide bonds. The van der Waals surface area contributed by atoms with Crippen LogP contribution in [0, 0.1) is 0 Å². The molecule has 10 nitrogen and oxygen atoms in total. The summed E-state index contributed by atoms with van der Waals surface area (Å²) in [5.41, 5.74) is 0.882. The van der Waals surface area contributed by atoms with E-state index < -0.39 is 22.1 Å². The molecule has 1 saturated heterocycles. The molecule has 0 aliphatic carbocycles. The summed E-state index contributed by atoms with van der Waals surface area (Å²) in [5.74, 6) is -0.386. The SMILES string of the molecule is C=CS(=O)(=O)NC(=O)NCC(=O)N1CCN(C(=O)OCc2ccccc2)CC1. The van der Waals surface area contributed by atoms with Gasteiger partial charge in [0.1, 0.15) is 6.61 Å². The van der Waals surface area contributed by atoms with E-state index in [1.165, 1.54) is 9.80 Å². The van der Waals surface area contributed by atoms with Gasteiger partial charge in [0.2, 0.25) is 5.91 Å². The third-order valence-corrected chi connectivity index (χ3v) is 4.86. The summed E-state index contributed by atoms with van der Waals surface area (Å²) < 4.78 is 29.3. The van der Waals surface area contributed by atoms with Crippen LogP contribution in [-0.2, 0) is 26.2 Å². The summed E-state index contributed by atoms with van der Waals surface area (Å²) in [6, 6.07) is 8.28. The molecule has 152 valence electrons. The first kappa shape index (κ1) is 21.2. The van der Waals surface area contributed by atoms with E-state index in [1.54, 1.807) is 4.72 Å². The van der Waals surface area contributed by atoms with Crippen LogP contribution in [0.5, 0.6) is 0 Å². The van der Waals surface area contributed by atoms with Crippen molar-refractivity contribution in [3.63, 3.8) is 0 Å². The van der Waals surface area contributed by atoms with Crippen molar-refractivity contribution in [1.82, 2.24) is 19.8 Å². The van der Waals surface area contributed by atoms with Crippen molar-refractivity contribution in [2.24, 2.45) is 0 Å². The van der Waals surface area contributed by atoms with E-state index in [9.17, 15) is 22.8 Å². The Labute approximate surface area is 163 Å². The molecule has 11 heteroatoms. The highest BCUT2D eigenvalue weighted by atomic mass is 32.2. The monoisotopic (exact) mass is 410 g/mol. The van der Waals surface area contributed by atoms with Crippen LogP contribution in [0.3, 0.4) is 0 Å². The second-order valence-corrected chi connectivity index (χ2v) is 7.53. The van der Waals surface area contributed by atoms with Crippen LogP contribution in [0.2, 0.25) is 0 Å². The molecule has 0 radical (unpaired) electrons. The second-order valence-electron chi connectivity index (χ2n) is 5.90. The zero-order chi connectivity index (χ0) is 20.6. The number of benzene rings is 1. The van der Waals surface area contributed by atoms with E-state index in [1.807, 2.05) is 30.3 Å². The normalized spacial score (nSPS) is 14.1. The Balaban J connectivity index is 1.70. The number of urea groups is 1. The highest BCUT2D eigenvalue weighted by Crippen LogP contribution is 2.07. The van der Waals surface area contributed by atoms with E-state index in [0.717, 1.165) is 5.56 Å². The van der Waals surface area contributed by atoms with Gasteiger partial charge in [0.15, 0.2) is 0 Å². The van der Waals surface area contributed by atoms with Gasteiger partial charge in [0.25, 0.3) is 10.0 Å². The third kappa shape index (κ3) is 6.58. The van der Waals surface area contributed by atoms with E-state index in [-0.39, 0.29) is 32.1 Å². The molecule has 2 rings (SSSR count). The number of ether oxygens (including phenoxy) is 1. The van der Waals surface area contributed by atoms with E-state index in [0.29, 0.717) is 18.5 Å². The minimum Gasteiger partial charge on any atom is -0.445 e. The fraction of sp³-hybridized carbons (Fsp3) is 0.353. The van der Waals surface area contributed by atoms with Crippen molar-refractivity contribution in [3.05, 3.63) is 47.9 Å². The van der Waals surface area contributed by atoms with Crippen LogP contribution in [0.4, 0.5) is 9.59 Å². The molecule has 0 bridgehead atoms. The summed E-state index contributed by atoms with van der Waals surface area (Å²) in [6.45, 7) is 4.04. The number of amides is 4. The zero-order valence-electron chi connectivity index (χ0n) is 15.2. The van der Waals surface area contributed by atoms with Crippen molar-refractivity contribution in [1.29, 1.82) is 0 Å². The highest BCUT2D eigenvalue weighted by molar-refractivity contribution is 7.92. The predicted molar refractivity (Wildman–Crippen MR) is 100 cm³/mol. The molecule has 0 atom stereocenters. The molecular formula is C17H22N4O6S. The number of piperazine rings is 1. The maximum absolute atomic E-state index is 12.1. The number of carbonyl (C=O) groups excluding carboxylic acids is 3. The molecular weight excluding hydrogens is 388 g/mol. The smallest absolute Gasteiger partial charge is 0.410 e. The Kier molecular flexibility index (Phi) is 7.38. The average Bonchev–Trinajstić information content (AvgIpc) is 2.71. The van der Waals surface area contributed by atoms with Crippen molar-refractivity contribution >= 4 is 28.1 Å². The lowest BCUT2D eigenvalue weighted by Crippen LogP contribution is -2.53. The summed E-state index contributed by atoms with van der Waals surface area (Å²) in [5, 5.41) is 2.76. The van der Waals surface area contributed by atoms with Gasteiger partial charge in [-0.15, -0.1) is 0 Å². The number of nitrogens with one attached hydrogen (secondary N) is 2. The van der Waals surface area contributed by atoms with Gasteiger partial charge in [0, 0.05) is 31.6 Å². The molecule has 1 aromatic rings. The Morgan fingerprint density at radius 2 is 1.68 bits per heavy atom. The summed E-state index contributed by atoms with van der Waals surface area (Å²) in [4.78, 5) is 38.6. The van der Waals surface area contributed by atoms with Gasteiger partial charge in [-0.1, -0.05) is 36.9 Å². The number of rotatable bonds is 6. The Bertz CT molecular complexity index is 819. The van der Waals surface area contributed by atoms with Crippen LogP contribution in [0.1, 0.15) is 5.56 Å². The third-order valence-electron chi connectivity index (χ3n) is 3.95. The average molecular weight is 410 g/mol. The van der Waals surface area contributed by atoms with Gasteiger partial charge >= 0.3 is 12.1 Å². The number of nitrogens with zero attached hydrogens (tertiary/aromatic N) is 2. The lowest BCUT2D eigenvalue weighted by atomic mass is 10.2. The minimum atomic E-state index is -3.92. The first-order valence-electron chi connectivity index (χ1n) is 8.47. The largest absolute Gasteiger partial charge is 0.445 e.